The van der Waals surface area contributed by atoms with Crippen molar-refractivity contribution in [3.63, 3.8) is 0 Å². The molecule has 1 saturated carbocycles. The SMILES string of the molecule is Cc1ncsc1-c1ccc(CNC(=O)[C@H]2C[C@H](O)CN2C(=O)[C@H](NCCCOc2cc(NC(=O)[C@H](C)C3CCC(c4ccnc5ccc(F)cc45)CC3)ccc2Cl)C(C)(C)C)cc1. The highest BCUT2D eigenvalue weighted by Gasteiger charge is 2.43. The number of aryl methyl sites for hydroxylation is 1. The molecular weight excluding hydrogens is 839 g/mol. The number of aromatic nitrogens is 2. The number of amides is 3. The number of rotatable bonds is 15. The van der Waals surface area contributed by atoms with E-state index in [4.69, 9.17) is 16.3 Å². The summed E-state index contributed by atoms with van der Waals surface area (Å²) in [7, 11) is 0. The van der Waals surface area contributed by atoms with Crippen molar-refractivity contribution in [3.05, 3.63) is 106 Å². The van der Waals surface area contributed by atoms with Gasteiger partial charge >= 0.3 is 0 Å². The number of ether oxygens (including phenoxy) is 1. The zero-order chi connectivity index (χ0) is 44.8. The molecule has 1 saturated heterocycles. The van der Waals surface area contributed by atoms with Gasteiger partial charge in [-0.3, -0.25) is 19.4 Å². The Balaban J connectivity index is 0.872. The second kappa shape index (κ2) is 20.3. The van der Waals surface area contributed by atoms with Crippen LogP contribution in [-0.2, 0) is 20.9 Å². The van der Waals surface area contributed by atoms with E-state index in [2.05, 4.69) is 25.9 Å². The van der Waals surface area contributed by atoms with Crippen LogP contribution in [0.1, 0.15) is 89.0 Å². The average molecular weight is 898 g/mol. The van der Waals surface area contributed by atoms with Crippen molar-refractivity contribution in [1.29, 1.82) is 0 Å². The van der Waals surface area contributed by atoms with E-state index in [1.165, 1.54) is 11.0 Å². The number of nitrogens with one attached hydrogen (secondary N) is 3. The van der Waals surface area contributed by atoms with Gasteiger partial charge in [-0.1, -0.05) is 63.6 Å². The quantitative estimate of drug-likeness (QED) is 0.0763. The maximum absolute atomic E-state index is 14.1. The fourth-order valence-electron chi connectivity index (χ4n) is 8.98. The average Bonchev–Trinajstić information content (AvgIpc) is 3.89. The molecule has 3 aromatic carbocycles. The van der Waals surface area contributed by atoms with Crippen molar-refractivity contribution in [1.82, 2.24) is 25.5 Å². The van der Waals surface area contributed by atoms with Crippen LogP contribution in [0.25, 0.3) is 21.3 Å². The minimum absolute atomic E-state index is 0.0663. The second-order valence-electron chi connectivity index (χ2n) is 18.1. The van der Waals surface area contributed by atoms with Gasteiger partial charge in [0.15, 0.2) is 0 Å². The third-order valence-electron chi connectivity index (χ3n) is 12.6. The lowest BCUT2D eigenvalue weighted by Crippen LogP contribution is -2.56. The minimum Gasteiger partial charge on any atom is -0.492 e. The van der Waals surface area contributed by atoms with Crippen LogP contribution >= 0.6 is 22.9 Å². The molecule has 0 spiro atoms. The first kappa shape index (κ1) is 46.1. The van der Waals surface area contributed by atoms with E-state index in [9.17, 15) is 23.9 Å². The standard InChI is InChI=1S/C49H58ClFN6O5S/c1-29(32-11-13-33(14-12-32)38-19-21-52-41-18-15-35(51)23-39(38)41)46(59)56-36-16-17-40(50)43(24-36)62-22-6-20-53-45(49(3,4)5)48(61)57-27-37(58)25-42(57)47(60)54-26-31-7-9-34(10-8-31)44-30(2)55-28-63-44/h7-10,15-19,21,23-24,28-29,32-33,37,42,45,53,58H,6,11-14,20,22,25-27H2,1-5H3,(H,54,60)(H,56,59)/t29-,32?,33?,37+,42-,45+/m1/s1. The number of hydrogen-bond donors (Lipinski definition) is 4. The lowest BCUT2D eigenvalue weighted by molar-refractivity contribution is -0.142. The van der Waals surface area contributed by atoms with E-state index >= 15 is 0 Å². The van der Waals surface area contributed by atoms with E-state index in [0.717, 1.165) is 63.8 Å². The van der Waals surface area contributed by atoms with Crippen molar-refractivity contribution in [3.8, 4) is 16.2 Å². The van der Waals surface area contributed by atoms with E-state index in [1.807, 2.05) is 70.5 Å². The number of β-amino-alcohol motifs (C(OH)–C–C–N with tert-alkyl or cyclic N) is 1. The van der Waals surface area contributed by atoms with Crippen LogP contribution in [0.2, 0.25) is 5.02 Å². The Kier molecular flexibility index (Phi) is 14.8. The minimum atomic E-state index is -0.803. The van der Waals surface area contributed by atoms with Crippen LogP contribution in [0.3, 0.4) is 0 Å². The number of aliphatic hydroxyl groups is 1. The third kappa shape index (κ3) is 11.2. The van der Waals surface area contributed by atoms with E-state index in [-0.39, 0.29) is 48.3 Å². The Labute approximate surface area is 378 Å². The zero-order valence-electron chi connectivity index (χ0n) is 36.6. The normalized spacial score (nSPS) is 20.0. The van der Waals surface area contributed by atoms with Gasteiger partial charge in [0.1, 0.15) is 17.6 Å². The fraction of sp³-hybridized carbons (Fsp3) is 0.449. The maximum atomic E-state index is 14.1. The Morgan fingerprint density at radius 2 is 1.78 bits per heavy atom. The van der Waals surface area contributed by atoms with Crippen LogP contribution in [0.5, 0.6) is 5.75 Å². The number of fused-ring (bicyclic) bond motifs is 1. The highest BCUT2D eigenvalue weighted by molar-refractivity contribution is 7.13. The van der Waals surface area contributed by atoms with Gasteiger partial charge in [-0.05, 0) is 116 Å². The van der Waals surface area contributed by atoms with Crippen LogP contribution in [0.15, 0.2) is 78.4 Å². The predicted octanol–water partition coefficient (Wildman–Crippen LogP) is 9.06. The summed E-state index contributed by atoms with van der Waals surface area (Å²) in [6.45, 7) is 11.0. The Bertz CT molecular complexity index is 2400. The second-order valence-corrected chi connectivity index (χ2v) is 19.4. The van der Waals surface area contributed by atoms with Gasteiger partial charge in [0, 0.05) is 48.8 Å². The first-order chi connectivity index (χ1) is 30.2. The van der Waals surface area contributed by atoms with Crippen LogP contribution in [-0.4, -0.2) is 75.6 Å². The largest absolute Gasteiger partial charge is 0.492 e. The van der Waals surface area contributed by atoms with Crippen molar-refractivity contribution < 1.29 is 28.6 Å². The number of benzene rings is 3. The molecule has 1 aliphatic carbocycles. The summed E-state index contributed by atoms with van der Waals surface area (Å²) >= 11 is 8.11. The van der Waals surface area contributed by atoms with Crippen LogP contribution in [0.4, 0.5) is 10.1 Å². The number of halogens is 2. The molecule has 3 amide bonds. The van der Waals surface area contributed by atoms with E-state index in [0.29, 0.717) is 48.5 Å². The lowest BCUT2D eigenvalue weighted by atomic mass is 9.73. The van der Waals surface area contributed by atoms with E-state index in [1.54, 1.807) is 47.9 Å². The molecule has 1 aliphatic heterocycles. The van der Waals surface area contributed by atoms with Crippen molar-refractivity contribution in [2.45, 2.75) is 104 Å². The topological polar surface area (TPSA) is 146 Å². The molecule has 4 N–H and O–H groups in total. The molecule has 2 fully saturated rings. The van der Waals surface area contributed by atoms with Crippen LogP contribution in [0, 0.1) is 30.0 Å². The zero-order valence-corrected chi connectivity index (χ0v) is 38.2. The summed E-state index contributed by atoms with van der Waals surface area (Å²) in [4.78, 5) is 52.4. The molecule has 63 heavy (non-hydrogen) atoms. The van der Waals surface area contributed by atoms with Crippen molar-refractivity contribution >= 4 is 57.2 Å². The number of hydrogen-bond acceptors (Lipinski definition) is 9. The van der Waals surface area contributed by atoms with Gasteiger partial charge in [-0.2, -0.15) is 0 Å². The summed E-state index contributed by atoms with van der Waals surface area (Å²) in [6.07, 6.45) is 5.32. The summed E-state index contributed by atoms with van der Waals surface area (Å²) in [6, 6.07) is 18.5. The number of carbonyl (C=O) groups excluding carboxylic acids is 3. The molecule has 334 valence electrons. The Morgan fingerprint density at radius 3 is 2.49 bits per heavy atom. The molecule has 4 atom stereocenters. The Hall–Kier alpha value is -4.95. The van der Waals surface area contributed by atoms with Gasteiger partial charge in [-0.25, -0.2) is 9.37 Å². The molecule has 0 unspecified atom stereocenters. The van der Waals surface area contributed by atoms with Gasteiger partial charge in [0.25, 0.3) is 0 Å². The van der Waals surface area contributed by atoms with E-state index < -0.39 is 23.6 Å². The number of aliphatic hydroxyl groups excluding tert-OH is 1. The molecule has 2 aromatic heterocycles. The fourth-order valence-corrected chi connectivity index (χ4v) is 9.97. The molecule has 7 rings (SSSR count). The molecular formula is C49H58ClFN6O5S. The first-order valence-corrected chi connectivity index (χ1v) is 23.2. The van der Waals surface area contributed by atoms with Gasteiger partial charge in [-0.15, -0.1) is 11.3 Å². The van der Waals surface area contributed by atoms with Gasteiger partial charge < -0.3 is 30.7 Å². The first-order valence-electron chi connectivity index (χ1n) is 21.9. The highest BCUT2D eigenvalue weighted by atomic mass is 35.5. The molecule has 3 heterocycles. The molecule has 0 radical (unpaired) electrons. The summed E-state index contributed by atoms with van der Waals surface area (Å²) in [5.74, 6) is -0.127. The summed E-state index contributed by atoms with van der Waals surface area (Å²) in [5.41, 5.74) is 6.81. The van der Waals surface area contributed by atoms with Gasteiger partial charge in [0.05, 0.1) is 45.4 Å². The number of anilines is 1. The smallest absolute Gasteiger partial charge is 0.243 e. The summed E-state index contributed by atoms with van der Waals surface area (Å²) < 4.78 is 20.2. The lowest BCUT2D eigenvalue weighted by Gasteiger charge is -2.35. The molecule has 2 aliphatic rings. The number of nitrogens with zero attached hydrogens (tertiary/aromatic N) is 3. The number of pyridine rings is 1. The third-order valence-corrected chi connectivity index (χ3v) is 13.9. The van der Waals surface area contributed by atoms with Crippen molar-refractivity contribution in [2.75, 3.05) is 25.0 Å². The monoisotopic (exact) mass is 896 g/mol. The number of thiazole rings is 1. The molecule has 11 nitrogen and oxygen atoms in total. The highest BCUT2D eigenvalue weighted by Crippen LogP contribution is 2.41. The molecule has 0 bridgehead atoms. The number of carbonyl (C=O) groups is 3. The molecule has 5 aromatic rings. The van der Waals surface area contributed by atoms with Crippen LogP contribution < -0.4 is 20.7 Å². The summed E-state index contributed by atoms with van der Waals surface area (Å²) in [5, 5.41) is 21.3. The van der Waals surface area contributed by atoms with Crippen molar-refractivity contribution in [2.24, 2.45) is 17.3 Å². The number of likely N-dealkylation sites (tertiary alicyclic amines) is 1. The molecule has 14 heteroatoms. The maximum Gasteiger partial charge on any atom is 0.243 e. The Morgan fingerprint density at radius 1 is 1.02 bits per heavy atom. The van der Waals surface area contributed by atoms with Gasteiger partial charge in [0.2, 0.25) is 17.7 Å². The predicted molar refractivity (Wildman–Crippen MR) is 247 cm³/mol.